The van der Waals surface area contributed by atoms with Gasteiger partial charge in [0.15, 0.2) is 11.6 Å². The van der Waals surface area contributed by atoms with Crippen LogP contribution in [-0.2, 0) is 19.0 Å². The number of para-hydroxylation sites is 1. The number of halogens is 3. The number of imidazole rings is 1. The Bertz CT molecular complexity index is 1330. The SMILES string of the molecule is CN(C)CCc1nc(C(F)(F)F)c(C(=O)N2CCCc3nc[nH]c3[C@@H]2c2nc3ccccc3s2)o1. The Morgan fingerprint density at radius 3 is 2.83 bits per heavy atom. The number of alkyl halides is 3. The number of amides is 1. The van der Waals surface area contributed by atoms with Gasteiger partial charge in [-0.25, -0.2) is 15.0 Å². The van der Waals surface area contributed by atoms with Crippen LogP contribution >= 0.6 is 11.3 Å². The first-order valence-electron chi connectivity index (χ1n) is 11.1. The number of carbonyl (C=O) groups excluding carboxylic acids is 1. The molecule has 1 N–H and O–H groups in total. The second-order valence-electron chi connectivity index (χ2n) is 8.62. The maximum Gasteiger partial charge on any atom is 0.437 e. The number of carbonyl (C=O) groups is 1. The molecule has 5 rings (SSSR count). The molecule has 1 atom stereocenters. The summed E-state index contributed by atoms with van der Waals surface area (Å²) in [6.07, 6.45) is -2.03. The number of nitrogens with zero attached hydrogens (tertiary/aromatic N) is 5. The Labute approximate surface area is 202 Å². The van der Waals surface area contributed by atoms with Crippen LogP contribution in [0.5, 0.6) is 0 Å². The molecule has 0 saturated heterocycles. The first kappa shape index (κ1) is 23.5. The third-order valence-electron chi connectivity index (χ3n) is 5.86. The molecule has 0 saturated carbocycles. The molecule has 1 aromatic carbocycles. The van der Waals surface area contributed by atoms with Gasteiger partial charge in [-0.2, -0.15) is 13.2 Å². The number of hydrogen-bond donors (Lipinski definition) is 1. The molecule has 12 heteroatoms. The molecule has 8 nitrogen and oxygen atoms in total. The fraction of sp³-hybridized carbons (Fsp3) is 0.391. The Morgan fingerprint density at radius 1 is 1.29 bits per heavy atom. The van der Waals surface area contributed by atoms with E-state index in [4.69, 9.17) is 9.40 Å². The average Bonchev–Trinajstić information content (AvgIpc) is 3.52. The molecule has 0 bridgehead atoms. The van der Waals surface area contributed by atoms with Crippen LogP contribution in [0.3, 0.4) is 0 Å². The molecule has 1 aliphatic heterocycles. The van der Waals surface area contributed by atoms with Crippen molar-refractivity contribution in [1.29, 1.82) is 0 Å². The van der Waals surface area contributed by atoms with Gasteiger partial charge < -0.3 is 19.2 Å². The van der Waals surface area contributed by atoms with Gasteiger partial charge in [-0.05, 0) is 39.1 Å². The van der Waals surface area contributed by atoms with E-state index in [9.17, 15) is 18.0 Å². The van der Waals surface area contributed by atoms with E-state index < -0.39 is 29.6 Å². The van der Waals surface area contributed by atoms with Crippen LogP contribution < -0.4 is 0 Å². The normalized spacial score (nSPS) is 16.6. The van der Waals surface area contributed by atoms with E-state index in [0.29, 0.717) is 30.1 Å². The summed E-state index contributed by atoms with van der Waals surface area (Å²) in [5.41, 5.74) is 0.876. The van der Waals surface area contributed by atoms with Crippen molar-refractivity contribution in [1.82, 2.24) is 29.7 Å². The predicted octanol–water partition coefficient (Wildman–Crippen LogP) is 4.31. The molecular formula is C23H23F3N6O2S. The minimum atomic E-state index is -4.83. The van der Waals surface area contributed by atoms with Crippen LogP contribution in [0.1, 0.15) is 51.0 Å². The first-order chi connectivity index (χ1) is 16.7. The molecule has 4 aromatic rings. The highest BCUT2D eigenvalue weighted by Crippen LogP contribution is 2.39. The number of likely N-dealkylation sites (N-methyl/N-ethyl adjacent to an activating group) is 1. The van der Waals surface area contributed by atoms with Gasteiger partial charge in [-0.1, -0.05) is 12.1 Å². The number of fused-ring (bicyclic) bond motifs is 2. The van der Waals surface area contributed by atoms with Crippen molar-refractivity contribution >= 4 is 27.5 Å². The molecule has 0 spiro atoms. The minimum Gasteiger partial charge on any atom is -0.435 e. The number of aromatic amines is 1. The van der Waals surface area contributed by atoms with Crippen molar-refractivity contribution in [2.75, 3.05) is 27.2 Å². The minimum absolute atomic E-state index is 0.122. The van der Waals surface area contributed by atoms with Crippen molar-refractivity contribution in [3.8, 4) is 0 Å². The summed E-state index contributed by atoms with van der Waals surface area (Å²) in [6.45, 7) is 0.648. The number of benzene rings is 1. The first-order valence-corrected chi connectivity index (χ1v) is 11.9. The number of thiazole rings is 1. The van der Waals surface area contributed by atoms with Crippen molar-refractivity contribution in [2.24, 2.45) is 0 Å². The van der Waals surface area contributed by atoms with Crippen LogP contribution in [0.15, 0.2) is 35.0 Å². The van der Waals surface area contributed by atoms with Crippen LogP contribution in [0, 0.1) is 0 Å². The lowest BCUT2D eigenvalue weighted by atomic mass is 10.1. The highest BCUT2D eigenvalue weighted by Gasteiger charge is 2.44. The molecule has 184 valence electrons. The summed E-state index contributed by atoms with van der Waals surface area (Å²) in [5.74, 6) is -1.78. The number of nitrogens with one attached hydrogen (secondary N) is 1. The number of aryl methyl sites for hydroxylation is 1. The zero-order valence-corrected chi connectivity index (χ0v) is 19.9. The second kappa shape index (κ2) is 9.08. The molecule has 1 aliphatic rings. The molecule has 35 heavy (non-hydrogen) atoms. The van der Waals surface area contributed by atoms with E-state index >= 15 is 0 Å². The highest BCUT2D eigenvalue weighted by molar-refractivity contribution is 7.18. The van der Waals surface area contributed by atoms with Crippen molar-refractivity contribution in [3.63, 3.8) is 0 Å². The molecule has 0 fully saturated rings. The molecule has 0 radical (unpaired) electrons. The monoisotopic (exact) mass is 504 g/mol. The van der Waals surface area contributed by atoms with Gasteiger partial charge in [0.2, 0.25) is 5.76 Å². The lowest BCUT2D eigenvalue weighted by Crippen LogP contribution is -2.36. The zero-order valence-electron chi connectivity index (χ0n) is 19.1. The summed E-state index contributed by atoms with van der Waals surface area (Å²) in [4.78, 5) is 32.8. The second-order valence-corrected chi connectivity index (χ2v) is 9.69. The van der Waals surface area contributed by atoms with Gasteiger partial charge >= 0.3 is 6.18 Å². The van der Waals surface area contributed by atoms with E-state index in [1.54, 1.807) is 19.0 Å². The Hall–Kier alpha value is -3.25. The third-order valence-corrected chi connectivity index (χ3v) is 6.95. The summed E-state index contributed by atoms with van der Waals surface area (Å²) >= 11 is 1.40. The van der Waals surface area contributed by atoms with Gasteiger partial charge in [0.1, 0.15) is 11.0 Å². The van der Waals surface area contributed by atoms with E-state index in [0.717, 1.165) is 15.9 Å². The zero-order chi connectivity index (χ0) is 24.7. The molecule has 0 aliphatic carbocycles. The van der Waals surface area contributed by atoms with Crippen LogP contribution in [0.2, 0.25) is 0 Å². The summed E-state index contributed by atoms with van der Waals surface area (Å²) in [6, 6.07) is 6.81. The maximum atomic E-state index is 13.9. The van der Waals surface area contributed by atoms with Crippen LogP contribution in [-0.4, -0.2) is 62.8 Å². The number of aromatic nitrogens is 4. The van der Waals surface area contributed by atoms with E-state index in [1.165, 1.54) is 22.6 Å². The maximum absolute atomic E-state index is 13.9. The lowest BCUT2D eigenvalue weighted by molar-refractivity contribution is -0.141. The fourth-order valence-electron chi connectivity index (χ4n) is 4.21. The van der Waals surface area contributed by atoms with Crippen molar-refractivity contribution < 1.29 is 22.4 Å². The Kier molecular flexibility index (Phi) is 6.09. The summed E-state index contributed by atoms with van der Waals surface area (Å²) < 4.78 is 48.0. The predicted molar refractivity (Wildman–Crippen MR) is 123 cm³/mol. The van der Waals surface area contributed by atoms with E-state index in [-0.39, 0.29) is 18.9 Å². The molecule has 1 amide bonds. The molecule has 3 aromatic heterocycles. The fourth-order valence-corrected chi connectivity index (χ4v) is 5.30. The van der Waals surface area contributed by atoms with E-state index in [2.05, 4.69) is 15.0 Å². The van der Waals surface area contributed by atoms with Crippen molar-refractivity contribution in [3.05, 3.63) is 64.3 Å². The smallest absolute Gasteiger partial charge is 0.435 e. The van der Waals surface area contributed by atoms with Crippen molar-refractivity contribution in [2.45, 2.75) is 31.5 Å². The van der Waals surface area contributed by atoms with Gasteiger partial charge in [-0.15, -0.1) is 11.3 Å². The number of oxazole rings is 1. The van der Waals surface area contributed by atoms with Crippen LogP contribution in [0.4, 0.5) is 13.2 Å². The molecular weight excluding hydrogens is 481 g/mol. The molecule has 0 unspecified atom stereocenters. The Morgan fingerprint density at radius 2 is 2.09 bits per heavy atom. The molecule has 4 heterocycles. The summed E-state index contributed by atoms with van der Waals surface area (Å²) in [7, 11) is 3.59. The number of hydrogen-bond acceptors (Lipinski definition) is 7. The average molecular weight is 505 g/mol. The number of H-pyrrole nitrogens is 1. The quantitative estimate of drug-likeness (QED) is 0.436. The highest BCUT2D eigenvalue weighted by atomic mass is 32.1. The number of rotatable bonds is 5. The van der Waals surface area contributed by atoms with E-state index in [1.807, 2.05) is 24.3 Å². The summed E-state index contributed by atoms with van der Waals surface area (Å²) in [5, 5.41) is 0.591. The van der Waals surface area contributed by atoms with Gasteiger partial charge in [0.05, 0.1) is 27.9 Å². The topological polar surface area (TPSA) is 91.2 Å². The third kappa shape index (κ3) is 4.55. The van der Waals surface area contributed by atoms with Gasteiger partial charge in [0, 0.05) is 19.5 Å². The Balaban J connectivity index is 1.60. The van der Waals surface area contributed by atoms with Crippen LogP contribution in [0.25, 0.3) is 10.2 Å². The van der Waals surface area contributed by atoms with Gasteiger partial charge in [0.25, 0.3) is 5.91 Å². The lowest BCUT2D eigenvalue weighted by Gasteiger charge is -2.28. The largest absolute Gasteiger partial charge is 0.437 e. The van der Waals surface area contributed by atoms with Gasteiger partial charge in [-0.3, -0.25) is 4.79 Å². The standard InChI is InChI=1S/C23H23F3N6O2S/c1-31(2)11-9-16-30-20(23(24,25)26)19(34-16)22(33)32-10-5-7-14-17(28-12-27-14)18(32)21-29-13-6-3-4-8-15(13)35-21/h3-4,6,8,12,18H,5,7,9-11H2,1-2H3,(H,27,28)/t18-/m1/s1.